The lowest BCUT2D eigenvalue weighted by molar-refractivity contribution is -0.136. The minimum Gasteiger partial charge on any atom is -0.384 e. The highest BCUT2D eigenvalue weighted by Crippen LogP contribution is 2.33. The van der Waals surface area contributed by atoms with Gasteiger partial charge >= 0.3 is 0 Å². The molecule has 0 spiro atoms. The molecule has 0 saturated carbocycles. The molecule has 4 aliphatic rings. The monoisotopic (exact) mass is 837 g/mol. The van der Waals surface area contributed by atoms with E-state index in [0.29, 0.717) is 48.3 Å². The van der Waals surface area contributed by atoms with Crippen molar-refractivity contribution in [1.82, 2.24) is 40.0 Å². The Balaban J connectivity index is 0.809. The average Bonchev–Trinajstić information content (AvgIpc) is 3.76. The Kier molecular flexibility index (Phi) is 12.3. The number of nitrogens with zero attached hydrogens (tertiary/aromatic N) is 7. The molecule has 322 valence electrons. The Morgan fingerprint density at radius 3 is 2.57 bits per heavy atom. The van der Waals surface area contributed by atoms with Crippen molar-refractivity contribution in [2.45, 2.75) is 89.2 Å². The maximum absolute atomic E-state index is 14.6. The molecule has 5 amide bonds. The highest BCUT2D eigenvalue weighted by atomic mass is 19.1. The van der Waals surface area contributed by atoms with Crippen LogP contribution in [0.4, 0.5) is 27.7 Å². The van der Waals surface area contributed by atoms with Gasteiger partial charge in [0.1, 0.15) is 23.8 Å². The van der Waals surface area contributed by atoms with Gasteiger partial charge in [0.2, 0.25) is 17.8 Å². The molecular formula is C43H52FN11O6. The third kappa shape index (κ3) is 8.77. The first-order chi connectivity index (χ1) is 29.5. The van der Waals surface area contributed by atoms with Crippen molar-refractivity contribution >= 4 is 63.7 Å². The number of aromatic nitrogens is 4. The van der Waals surface area contributed by atoms with Crippen LogP contribution in [0, 0.1) is 0 Å². The fourth-order valence-electron chi connectivity index (χ4n) is 8.76. The van der Waals surface area contributed by atoms with E-state index in [1.54, 1.807) is 36.7 Å². The smallest absolute Gasteiger partial charge is 0.264 e. The lowest BCUT2D eigenvalue weighted by Crippen LogP contribution is -2.54. The predicted molar refractivity (Wildman–Crippen MR) is 226 cm³/mol. The van der Waals surface area contributed by atoms with Crippen LogP contribution in [0.2, 0.25) is 0 Å². The Morgan fingerprint density at radius 1 is 1.00 bits per heavy atom. The van der Waals surface area contributed by atoms with Crippen molar-refractivity contribution in [1.29, 1.82) is 0 Å². The van der Waals surface area contributed by atoms with E-state index in [9.17, 15) is 28.4 Å². The van der Waals surface area contributed by atoms with Crippen molar-refractivity contribution in [2.24, 2.45) is 0 Å². The normalized spacial score (nSPS) is 21.3. The summed E-state index contributed by atoms with van der Waals surface area (Å²) >= 11 is 0. The van der Waals surface area contributed by atoms with E-state index in [0.717, 1.165) is 61.1 Å². The first-order valence-corrected chi connectivity index (χ1v) is 21.1. The number of unbranched alkanes of at least 4 members (excludes halogenated alkanes) is 1. The van der Waals surface area contributed by atoms with Crippen molar-refractivity contribution in [3.63, 3.8) is 0 Å². The van der Waals surface area contributed by atoms with Gasteiger partial charge in [-0.1, -0.05) is 6.07 Å². The van der Waals surface area contributed by atoms with Gasteiger partial charge in [-0.05, 0) is 77.1 Å². The quantitative estimate of drug-likeness (QED) is 0.104. The highest BCUT2D eigenvalue weighted by Gasteiger charge is 2.45. The summed E-state index contributed by atoms with van der Waals surface area (Å²) in [5.41, 5.74) is 2.50. The second-order valence-electron chi connectivity index (χ2n) is 16.4. The number of hydrogen-bond acceptors (Lipinski definition) is 13. The predicted octanol–water partition coefficient (Wildman–Crippen LogP) is 4.20. The summed E-state index contributed by atoms with van der Waals surface area (Å²) in [6, 6.07) is 7.83. The third-order valence-corrected chi connectivity index (χ3v) is 12.1. The lowest BCUT2D eigenvalue weighted by Gasteiger charge is -2.33. The fourth-order valence-corrected chi connectivity index (χ4v) is 8.76. The number of fused-ring (bicyclic) bond motifs is 2. The van der Waals surface area contributed by atoms with Gasteiger partial charge in [-0.15, -0.1) is 0 Å². The summed E-state index contributed by atoms with van der Waals surface area (Å²) in [5.74, 6) is -0.707. The molecule has 3 fully saturated rings. The number of anilines is 4. The molecule has 7 heterocycles. The Hall–Kier alpha value is -6.01. The molecule has 18 heteroatoms. The summed E-state index contributed by atoms with van der Waals surface area (Å²) in [5, 5.41) is 12.8. The second kappa shape index (κ2) is 17.9. The number of hydrogen-bond donors (Lipinski definition) is 4. The SMILES string of the molecule is CO[C@H]1CCN(c2nccc(Nc3cc4c(cn3)c(C(=O)NC3CCN(CCCCNc5cccc6c5C(=O)N(C5CCC(=O)NC5=O)C6=O)CC3)cn4C(C)C)n2)C[C@H]1F. The van der Waals surface area contributed by atoms with Crippen molar-refractivity contribution < 1.29 is 33.1 Å². The highest BCUT2D eigenvalue weighted by molar-refractivity contribution is 6.25. The largest absolute Gasteiger partial charge is 0.384 e. The van der Waals surface area contributed by atoms with E-state index in [2.05, 4.69) is 59.5 Å². The summed E-state index contributed by atoms with van der Waals surface area (Å²) in [6.07, 6.45) is 7.82. The standard InChI is InChI=1S/C43H52FN11O6/c1-25(2)54-23-29(28-22-47-36(21-33(28)54)49-35-11-16-46-43(50-35)53-20-14-34(61-3)30(44)24-53)39(57)48-26-12-18-52(19-13-26)17-5-4-15-45-31-8-6-7-27-38(31)42(60)55(41(27)59)32-9-10-37(56)51-40(32)58/h6-8,11,16,21-23,25-26,30,32,34,45H,4-5,9-10,12-15,17-20,24H2,1-3H3,(H,48,57)(H,51,56,58)(H,46,47,49,50)/t30-,32?,34+/m1/s1. The van der Waals surface area contributed by atoms with Gasteiger partial charge in [0.05, 0.1) is 34.9 Å². The van der Waals surface area contributed by atoms with Gasteiger partial charge in [-0.2, -0.15) is 4.98 Å². The molecule has 8 rings (SSSR count). The zero-order valence-electron chi connectivity index (χ0n) is 34.7. The maximum atomic E-state index is 14.6. The van der Waals surface area contributed by atoms with Gasteiger partial charge in [0.25, 0.3) is 17.7 Å². The molecule has 4 N–H and O–H groups in total. The molecule has 4 aromatic rings. The van der Waals surface area contributed by atoms with Crippen molar-refractivity contribution in [3.05, 3.63) is 65.6 Å². The van der Waals surface area contributed by atoms with Gasteiger partial charge in [-0.3, -0.25) is 34.2 Å². The fraction of sp³-hybridized carbons (Fsp3) is 0.488. The maximum Gasteiger partial charge on any atom is 0.264 e. The molecule has 1 unspecified atom stereocenters. The van der Waals surface area contributed by atoms with E-state index in [-0.39, 0.29) is 48.5 Å². The Morgan fingerprint density at radius 2 is 1.82 bits per heavy atom. The number of pyridine rings is 1. The van der Waals surface area contributed by atoms with E-state index in [4.69, 9.17) is 4.74 Å². The van der Waals surface area contributed by atoms with Crippen LogP contribution in [0.3, 0.4) is 0 Å². The molecule has 3 atom stereocenters. The molecule has 4 aliphatic heterocycles. The van der Waals surface area contributed by atoms with Gasteiger partial charge in [-0.25, -0.2) is 14.4 Å². The first-order valence-electron chi connectivity index (χ1n) is 21.1. The lowest BCUT2D eigenvalue weighted by atomic mass is 10.0. The van der Waals surface area contributed by atoms with Crippen LogP contribution < -0.4 is 26.2 Å². The molecule has 17 nitrogen and oxygen atoms in total. The number of carbonyl (C=O) groups is 5. The zero-order valence-corrected chi connectivity index (χ0v) is 34.7. The number of imide groups is 2. The van der Waals surface area contributed by atoms with E-state index in [1.165, 1.54) is 7.11 Å². The summed E-state index contributed by atoms with van der Waals surface area (Å²) in [7, 11) is 1.53. The van der Waals surface area contributed by atoms with Crippen LogP contribution in [0.5, 0.6) is 0 Å². The minimum atomic E-state index is -1.13. The molecule has 61 heavy (non-hydrogen) atoms. The van der Waals surface area contributed by atoms with Gasteiger partial charge in [0, 0.05) is 87.5 Å². The summed E-state index contributed by atoms with van der Waals surface area (Å²) < 4.78 is 21.9. The Bertz CT molecular complexity index is 2330. The first kappa shape index (κ1) is 41.7. The Labute approximate surface area is 352 Å². The number of piperidine rings is 3. The number of carbonyl (C=O) groups excluding carboxylic acids is 5. The van der Waals surface area contributed by atoms with Gasteiger partial charge < -0.3 is 35.1 Å². The second-order valence-corrected chi connectivity index (χ2v) is 16.4. The molecular weight excluding hydrogens is 786 g/mol. The number of methoxy groups -OCH3 is 1. The van der Waals surface area contributed by atoms with Crippen LogP contribution in [-0.2, 0) is 14.3 Å². The van der Waals surface area contributed by atoms with Crippen molar-refractivity contribution in [2.75, 3.05) is 61.9 Å². The van der Waals surface area contributed by atoms with E-state index >= 15 is 0 Å². The van der Waals surface area contributed by atoms with Crippen molar-refractivity contribution in [3.8, 4) is 0 Å². The number of rotatable bonds is 14. The topological polar surface area (TPSA) is 196 Å². The summed E-state index contributed by atoms with van der Waals surface area (Å²) in [4.78, 5) is 83.2. The number of nitrogens with one attached hydrogen (secondary N) is 4. The van der Waals surface area contributed by atoms with E-state index < -0.39 is 41.9 Å². The number of amides is 5. The molecule has 3 saturated heterocycles. The van der Waals surface area contributed by atoms with E-state index in [1.807, 2.05) is 17.2 Å². The molecule has 0 bridgehead atoms. The molecule has 0 radical (unpaired) electrons. The molecule has 3 aromatic heterocycles. The van der Waals surface area contributed by atoms with Gasteiger partial charge in [0.15, 0.2) is 0 Å². The summed E-state index contributed by atoms with van der Waals surface area (Å²) in [6.45, 7) is 8.07. The number of benzene rings is 1. The third-order valence-electron chi connectivity index (χ3n) is 12.1. The minimum absolute atomic E-state index is 0.0388. The van der Waals surface area contributed by atoms with Crippen LogP contribution in [0.15, 0.2) is 48.9 Å². The average molecular weight is 838 g/mol. The number of alkyl halides is 1. The van der Waals surface area contributed by atoms with Crippen LogP contribution in [0.25, 0.3) is 10.9 Å². The molecule has 0 aliphatic carbocycles. The van der Waals surface area contributed by atoms with Crippen LogP contribution in [0.1, 0.15) is 95.9 Å². The number of likely N-dealkylation sites (tertiary alicyclic amines) is 1. The van der Waals surface area contributed by atoms with Crippen LogP contribution >= 0.6 is 0 Å². The number of ether oxygens (including phenoxy) is 1. The molecule has 1 aromatic carbocycles. The zero-order chi connectivity index (χ0) is 42.8. The number of halogens is 1. The van der Waals surface area contributed by atoms with Crippen LogP contribution in [-0.4, -0.2) is 130 Å².